The third-order valence-electron chi connectivity index (χ3n) is 12.8. The van der Waals surface area contributed by atoms with Crippen molar-refractivity contribution in [2.24, 2.45) is 0 Å². The Morgan fingerprint density at radius 2 is 0.868 bits per heavy atom. The minimum atomic E-state index is -0.337. The van der Waals surface area contributed by atoms with E-state index in [0.29, 0.717) is 0 Å². The molecule has 1 spiro atoms. The topological polar surface area (TPSA) is 3.24 Å². The minimum absolute atomic E-state index is 0.1000. The van der Waals surface area contributed by atoms with Gasteiger partial charge in [-0.05, 0) is 114 Å². The van der Waals surface area contributed by atoms with E-state index in [1.807, 2.05) is 0 Å². The second-order valence-corrected chi connectivity index (χ2v) is 15.6. The number of nitrogens with zero attached hydrogens (tertiary/aromatic N) is 1. The molecule has 1 atom stereocenters. The predicted octanol–water partition coefficient (Wildman–Crippen LogP) is 13.5. The summed E-state index contributed by atoms with van der Waals surface area (Å²) in [5.41, 5.74) is 24.8. The third kappa shape index (κ3) is 3.53. The number of rotatable bonds is 4. The van der Waals surface area contributed by atoms with E-state index in [0.717, 1.165) is 5.69 Å². The van der Waals surface area contributed by atoms with Crippen molar-refractivity contribution < 1.29 is 0 Å². The molecule has 8 aromatic rings. The van der Waals surface area contributed by atoms with E-state index in [4.69, 9.17) is 0 Å². The largest absolute Gasteiger partial charge is 0.310 e. The van der Waals surface area contributed by atoms with Crippen molar-refractivity contribution in [1.29, 1.82) is 0 Å². The highest BCUT2D eigenvalue weighted by Gasteiger charge is 2.57. The summed E-state index contributed by atoms with van der Waals surface area (Å²) in [5, 5.41) is 0. The molecule has 0 aromatic heterocycles. The van der Waals surface area contributed by atoms with E-state index in [2.05, 4.69) is 195 Å². The molecule has 0 fully saturated rings. The Kier molecular flexibility index (Phi) is 5.57. The minimum Gasteiger partial charge on any atom is -0.310 e. The SMILES string of the molecule is CC1(C)c2ccccc2-c2c(N(c3ccc(-c4ccccc4)cc3)c3ccc4c(c3)C35c6ccccc6-c6cccc(c63)-c3cccc-4c35)cccc21. The lowest BCUT2D eigenvalue weighted by Gasteiger charge is -2.31. The fourth-order valence-corrected chi connectivity index (χ4v) is 10.7. The fraction of sp³-hybridized carbons (Fsp3) is 0.0769. The Morgan fingerprint density at radius 3 is 1.58 bits per heavy atom. The molecule has 12 rings (SSSR count). The first-order valence-electron chi connectivity index (χ1n) is 18.8. The lowest BCUT2D eigenvalue weighted by Crippen LogP contribution is -2.23. The van der Waals surface area contributed by atoms with E-state index in [1.54, 1.807) is 0 Å². The molecule has 0 radical (unpaired) electrons. The maximum absolute atomic E-state index is 2.53. The Morgan fingerprint density at radius 1 is 0.358 bits per heavy atom. The zero-order valence-electron chi connectivity index (χ0n) is 29.7. The van der Waals surface area contributed by atoms with Crippen LogP contribution in [-0.4, -0.2) is 0 Å². The van der Waals surface area contributed by atoms with Gasteiger partial charge in [0.1, 0.15) is 0 Å². The van der Waals surface area contributed by atoms with Crippen LogP contribution < -0.4 is 4.90 Å². The molecular formula is C52H35N. The molecule has 1 unspecified atom stereocenters. The molecule has 1 heteroatoms. The zero-order chi connectivity index (χ0) is 35.1. The van der Waals surface area contributed by atoms with Crippen LogP contribution in [0, 0.1) is 0 Å². The summed E-state index contributed by atoms with van der Waals surface area (Å²) < 4.78 is 0. The Labute approximate surface area is 310 Å². The van der Waals surface area contributed by atoms with E-state index >= 15 is 0 Å². The molecular weight excluding hydrogens is 639 g/mol. The number of benzene rings is 8. The quantitative estimate of drug-likeness (QED) is 0.180. The molecule has 0 aliphatic heterocycles. The van der Waals surface area contributed by atoms with Gasteiger partial charge in [-0.25, -0.2) is 0 Å². The summed E-state index contributed by atoms with van der Waals surface area (Å²) in [6.45, 7) is 4.74. The summed E-state index contributed by atoms with van der Waals surface area (Å²) >= 11 is 0. The molecule has 0 saturated heterocycles. The van der Waals surface area contributed by atoms with E-state index in [9.17, 15) is 0 Å². The maximum Gasteiger partial charge on any atom is 0.0738 e. The molecule has 4 aliphatic rings. The number of hydrogen-bond acceptors (Lipinski definition) is 1. The van der Waals surface area contributed by atoms with Gasteiger partial charge in [0.15, 0.2) is 0 Å². The van der Waals surface area contributed by atoms with E-state index < -0.39 is 0 Å². The summed E-state index contributed by atoms with van der Waals surface area (Å²) in [5.74, 6) is 0. The molecule has 4 aliphatic carbocycles. The van der Waals surface area contributed by atoms with Gasteiger partial charge in [-0.1, -0.05) is 159 Å². The third-order valence-corrected chi connectivity index (χ3v) is 12.8. The van der Waals surface area contributed by atoms with E-state index in [-0.39, 0.29) is 10.8 Å². The molecule has 53 heavy (non-hydrogen) atoms. The fourth-order valence-electron chi connectivity index (χ4n) is 10.7. The maximum atomic E-state index is 2.53. The average Bonchev–Trinajstić information content (AvgIpc) is 3.87. The number of hydrogen-bond donors (Lipinski definition) is 0. The van der Waals surface area contributed by atoms with Crippen molar-refractivity contribution in [3.8, 4) is 55.6 Å². The highest BCUT2D eigenvalue weighted by molar-refractivity contribution is 6.07. The van der Waals surface area contributed by atoms with Crippen LogP contribution in [0.15, 0.2) is 176 Å². The van der Waals surface area contributed by atoms with Gasteiger partial charge in [-0.3, -0.25) is 0 Å². The van der Waals surface area contributed by atoms with Crippen LogP contribution in [0.5, 0.6) is 0 Å². The number of fused-ring (bicyclic) bond motifs is 8. The van der Waals surface area contributed by atoms with Gasteiger partial charge in [-0.2, -0.15) is 0 Å². The van der Waals surface area contributed by atoms with Crippen molar-refractivity contribution in [3.05, 3.63) is 209 Å². The highest BCUT2D eigenvalue weighted by atomic mass is 15.1. The van der Waals surface area contributed by atoms with Gasteiger partial charge in [0.25, 0.3) is 0 Å². The molecule has 0 bridgehead atoms. The predicted molar refractivity (Wildman–Crippen MR) is 219 cm³/mol. The normalized spacial score (nSPS) is 16.7. The molecule has 1 nitrogen and oxygen atoms in total. The average molecular weight is 674 g/mol. The standard InChI is InChI=1S/C52H35N/c1-51(2)43-21-8-7-16-42(43)48-45(51)23-12-24-47(48)53(34-27-25-33(26-28-34)32-13-4-3-5-14-32)35-29-30-37-39-18-11-20-41-40-19-10-17-38-36-15-6-9-22-44(36)52(49(38)40,50(39)41)46(37)31-35/h3-31H,1-2H3. The van der Waals surface area contributed by atoms with Crippen molar-refractivity contribution in [2.45, 2.75) is 24.7 Å². The smallest absolute Gasteiger partial charge is 0.0738 e. The van der Waals surface area contributed by atoms with Gasteiger partial charge >= 0.3 is 0 Å². The summed E-state index contributed by atoms with van der Waals surface area (Å²) in [4.78, 5) is 2.52. The number of anilines is 3. The van der Waals surface area contributed by atoms with Crippen LogP contribution in [0.1, 0.15) is 47.2 Å². The molecule has 248 valence electrons. The molecule has 0 amide bonds. The molecule has 0 heterocycles. The monoisotopic (exact) mass is 673 g/mol. The summed E-state index contributed by atoms with van der Waals surface area (Å²) in [6, 6.07) is 66.1. The van der Waals surface area contributed by atoms with Gasteiger partial charge in [0, 0.05) is 22.4 Å². The van der Waals surface area contributed by atoms with Crippen LogP contribution in [0.2, 0.25) is 0 Å². The van der Waals surface area contributed by atoms with Crippen LogP contribution >= 0.6 is 0 Å². The Bertz CT molecular complexity index is 2820. The Balaban J connectivity index is 1.14. The summed E-state index contributed by atoms with van der Waals surface area (Å²) in [7, 11) is 0. The van der Waals surface area contributed by atoms with Crippen molar-refractivity contribution >= 4 is 17.1 Å². The molecule has 8 aromatic carbocycles. The van der Waals surface area contributed by atoms with Gasteiger partial charge in [0.2, 0.25) is 0 Å². The molecule has 0 N–H and O–H groups in total. The summed E-state index contributed by atoms with van der Waals surface area (Å²) in [6.07, 6.45) is 0. The van der Waals surface area contributed by atoms with Crippen LogP contribution in [0.25, 0.3) is 55.6 Å². The first kappa shape index (κ1) is 29.2. The first-order valence-corrected chi connectivity index (χ1v) is 18.8. The Hall–Kier alpha value is -6.44. The first-order chi connectivity index (χ1) is 26.1. The molecule has 0 saturated carbocycles. The van der Waals surface area contributed by atoms with Gasteiger partial charge in [-0.15, -0.1) is 0 Å². The lowest BCUT2D eigenvalue weighted by molar-refractivity contribution is 0.660. The second-order valence-electron chi connectivity index (χ2n) is 15.6. The van der Waals surface area contributed by atoms with Crippen molar-refractivity contribution in [1.82, 2.24) is 0 Å². The van der Waals surface area contributed by atoms with Crippen LogP contribution in [-0.2, 0) is 10.8 Å². The highest BCUT2D eigenvalue weighted by Crippen LogP contribution is 2.70. The zero-order valence-corrected chi connectivity index (χ0v) is 29.7. The van der Waals surface area contributed by atoms with Crippen molar-refractivity contribution in [3.63, 3.8) is 0 Å². The second kappa shape index (κ2) is 10.1. The van der Waals surface area contributed by atoms with Crippen LogP contribution in [0.3, 0.4) is 0 Å². The van der Waals surface area contributed by atoms with Gasteiger partial charge in [0.05, 0.1) is 11.1 Å². The van der Waals surface area contributed by atoms with Crippen LogP contribution in [0.4, 0.5) is 17.1 Å². The lowest BCUT2D eigenvalue weighted by atomic mass is 9.73. The van der Waals surface area contributed by atoms with E-state index in [1.165, 1.54) is 100 Å². The van der Waals surface area contributed by atoms with Crippen molar-refractivity contribution in [2.75, 3.05) is 4.90 Å². The van der Waals surface area contributed by atoms with Gasteiger partial charge < -0.3 is 4.90 Å².